The summed E-state index contributed by atoms with van der Waals surface area (Å²) in [5, 5.41) is 3.37. The summed E-state index contributed by atoms with van der Waals surface area (Å²) in [7, 11) is -0.843. The lowest BCUT2D eigenvalue weighted by atomic mass is 10.2. The minimum atomic E-state index is -0.843. The van der Waals surface area contributed by atoms with Gasteiger partial charge < -0.3 is 5.32 Å². The number of rotatable bonds is 7. The highest BCUT2D eigenvalue weighted by molar-refractivity contribution is 7.85. The van der Waals surface area contributed by atoms with Crippen molar-refractivity contribution in [1.82, 2.24) is 5.32 Å². The maximum Gasteiger partial charge on any atom is 0.0532 e. The van der Waals surface area contributed by atoms with Crippen molar-refractivity contribution in [3.63, 3.8) is 0 Å². The largest absolute Gasteiger partial charge is 0.315 e. The second kappa shape index (κ2) is 7.62. The van der Waals surface area contributed by atoms with Gasteiger partial charge in [0.1, 0.15) is 0 Å². The molecule has 0 fully saturated rings. The van der Waals surface area contributed by atoms with Gasteiger partial charge in [-0.25, -0.2) is 0 Å². The summed E-state index contributed by atoms with van der Waals surface area (Å²) >= 11 is 0. The van der Waals surface area contributed by atoms with E-state index in [1.54, 1.807) is 0 Å². The summed E-state index contributed by atoms with van der Waals surface area (Å²) in [6.45, 7) is 7.32. The van der Waals surface area contributed by atoms with Crippen LogP contribution in [-0.4, -0.2) is 22.5 Å². The van der Waals surface area contributed by atoms with Crippen molar-refractivity contribution in [2.45, 2.75) is 44.6 Å². The Morgan fingerprint density at radius 3 is 2.71 bits per heavy atom. The second-order valence-corrected chi connectivity index (χ2v) is 5.96. The van der Waals surface area contributed by atoms with E-state index >= 15 is 0 Å². The Morgan fingerprint density at radius 2 is 2.06 bits per heavy atom. The molecule has 0 amide bonds. The van der Waals surface area contributed by atoms with E-state index in [9.17, 15) is 4.21 Å². The monoisotopic (exact) mass is 253 g/mol. The maximum absolute atomic E-state index is 12.1. The van der Waals surface area contributed by atoms with Crippen molar-refractivity contribution in [3.05, 3.63) is 29.8 Å². The molecule has 2 nitrogen and oxygen atoms in total. The lowest BCUT2D eigenvalue weighted by molar-refractivity contribution is 0.525. The molecule has 1 aromatic carbocycles. The molecule has 0 saturated heterocycles. The van der Waals surface area contributed by atoms with Crippen molar-refractivity contribution in [2.24, 2.45) is 0 Å². The molecular formula is C14H23NOS. The van der Waals surface area contributed by atoms with E-state index in [-0.39, 0.29) is 0 Å². The molecule has 0 aliphatic heterocycles. The molecule has 0 radical (unpaired) electrons. The fourth-order valence-corrected chi connectivity index (χ4v) is 3.20. The Bertz CT molecular complexity index is 365. The zero-order chi connectivity index (χ0) is 12.7. The second-order valence-electron chi connectivity index (χ2n) is 4.42. The quantitative estimate of drug-likeness (QED) is 0.809. The topological polar surface area (TPSA) is 29.1 Å². The molecule has 2 atom stereocenters. The standard InChI is InChI=1S/C14H23NOS/c1-4-15-13(3)9-7-11-17(16)14-10-6-5-8-12(14)2/h5-6,8,10,13,15H,4,7,9,11H2,1-3H3. The van der Waals surface area contributed by atoms with Gasteiger partial charge in [-0.3, -0.25) is 4.21 Å². The molecule has 0 heterocycles. The van der Waals surface area contributed by atoms with E-state index < -0.39 is 10.8 Å². The first-order chi connectivity index (χ1) is 8.15. The highest BCUT2D eigenvalue weighted by Gasteiger charge is 2.07. The lowest BCUT2D eigenvalue weighted by Crippen LogP contribution is -2.25. The summed E-state index contributed by atoms with van der Waals surface area (Å²) in [5.74, 6) is 0.764. The van der Waals surface area contributed by atoms with Crippen molar-refractivity contribution in [1.29, 1.82) is 0 Å². The SMILES string of the molecule is CCNC(C)CCCS(=O)c1ccccc1C. The van der Waals surface area contributed by atoms with E-state index in [4.69, 9.17) is 0 Å². The Kier molecular flexibility index (Phi) is 6.45. The molecule has 0 aromatic heterocycles. The molecule has 3 heteroatoms. The predicted molar refractivity (Wildman–Crippen MR) is 74.8 cm³/mol. The minimum Gasteiger partial charge on any atom is -0.315 e. The molecule has 0 aliphatic rings. The summed E-state index contributed by atoms with van der Waals surface area (Å²) in [5.41, 5.74) is 1.13. The number of hydrogen-bond donors (Lipinski definition) is 1. The van der Waals surface area contributed by atoms with Gasteiger partial charge in [0.15, 0.2) is 0 Å². The summed E-state index contributed by atoms with van der Waals surface area (Å²) in [6, 6.07) is 8.46. The predicted octanol–water partition coefficient (Wildman–Crippen LogP) is 2.88. The normalized spacial score (nSPS) is 14.5. The molecule has 1 aromatic rings. The van der Waals surface area contributed by atoms with Crippen LogP contribution in [0.1, 0.15) is 32.3 Å². The van der Waals surface area contributed by atoms with Crippen molar-refractivity contribution >= 4 is 10.8 Å². The first kappa shape index (κ1) is 14.4. The molecule has 96 valence electrons. The van der Waals surface area contributed by atoms with E-state index in [1.165, 1.54) is 0 Å². The zero-order valence-electron chi connectivity index (χ0n) is 11.0. The van der Waals surface area contributed by atoms with Crippen LogP contribution in [0.2, 0.25) is 0 Å². The van der Waals surface area contributed by atoms with Crippen LogP contribution in [0, 0.1) is 6.92 Å². The van der Waals surface area contributed by atoms with Crippen LogP contribution in [0.3, 0.4) is 0 Å². The van der Waals surface area contributed by atoms with E-state index in [0.29, 0.717) is 6.04 Å². The van der Waals surface area contributed by atoms with Gasteiger partial charge >= 0.3 is 0 Å². The van der Waals surface area contributed by atoms with Crippen LogP contribution < -0.4 is 5.32 Å². The van der Waals surface area contributed by atoms with Crippen LogP contribution in [0.15, 0.2) is 29.2 Å². The summed E-state index contributed by atoms with van der Waals surface area (Å²) in [4.78, 5) is 0.989. The van der Waals surface area contributed by atoms with Crippen molar-refractivity contribution in [2.75, 3.05) is 12.3 Å². The Morgan fingerprint density at radius 1 is 1.35 bits per heavy atom. The first-order valence-electron chi connectivity index (χ1n) is 6.32. The molecule has 0 aliphatic carbocycles. The van der Waals surface area contributed by atoms with Gasteiger partial charge in [0.2, 0.25) is 0 Å². The molecule has 2 unspecified atom stereocenters. The fourth-order valence-electron chi connectivity index (χ4n) is 1.89. The highest BCUT2D eigenvalue weighted by Crippen LogP contribution is 2.13. The van der Waals surface area contributed by atoms with Crippen molar-refractivity contribution < 1.29 is 4.21 Å². The average molecular weight is 253 g/mol. The number of aryl methyl sites for hydroxylation is 1. The van der Waals surface area contributed by atoms with Crippen LogP contribution >= 0.6 is 0 Å². The number of hydrogen-bond acceptors (Lipinski definition) is 2. The highest BCUT2D eigenvalue weighted by atomic mass is 32.2. The Hall–Kier alpha value is -0.670. The number of benzene rings is 1. The van der Waals surface area contributed by atoms with Gasteiger partial charge in [-0.1, -0.05) is 25.1 Å². The third-order valence-electron chi connectivity index (χ3n) is 2.86. The summed E-state index contributed by atoms with van der Waals surface area (Å²) in [6.07, 6.45) is 2.10. The smallest absolute Gasteiger partial charge is 0.0532 e. The summed E-state index contributed by atoms with van der Waals surface area (Å²) < 4.78 is 12.1. The fraction of sp³-hybridized carbons (Fsp3) is 0.571. The molecule has 0 bridgehead atoms. The zero-order valence-corrected chi connectivity index (χ0v) is 11.8. The molecular weight excluding hydrogens is 230 g/mol. The first-order valence-corrected chi connectivity index (χ1v) is 7.64. The Balaban J connectivity index is 2.38. The Labute approximate surface area is 107 Å². The third kappa shape index (κ3) is 5.00. The third-order valence-corrected chi connectivity index (χ3v) is 4.47. The molecule has 0 spiro atoms. The molecule has 17 heavy (non-hydrogen) atoms. The van der Waals surface area contributed by atoms with E-state index in [2.05, 4.69) is 19.2 Å². The van der Waals surface area contributed by atoms with Crippen molar-refractivity contribution in [3.8, 4) is 0 Å². The van der Waals surface area contributed by atoms with Gasteiger partial charge in [-0.2, -0.15) is 0 Å². The lowest BCUT2D eigenvalue weighted by Gasteiger charge is -2.11. The average Bonchev–Trinajstić information content (AvgIpc) is 2.29. The maximum atomic E-state index is 12.1. The van der Waals surface area contributed by atoms with E-state index in [0.717, 1.165) is 35.6 Å². The van der Waals surface area contributed by atoms with Crippen LogP contribution in [0.4, 0.5) is 0 Å². The molecule has 0 saturated carbocycles. The van der Waals surface area contributed by atoms with Gasteiger partial charge in [-0.05, 0) is 44.9 Å². The van der Waals surface area contributed by atoms with Crippen LogP contribution in [-0.2, 0) is 10.8 Å². The van der Waals surface area contributed by atoms with E-state index in [1.807, 2.05) is 31.2 Å². The minimum absolute atomic E-state index is 0.522. The van der Waals surface area contributed by atoms with Crippen LogP contribution in [0.25, 0.3) is 0 Å². The van der Waals surface area contributed by atoms with Gasteiger partial charge in [0.05, 0.1) is 10.8 Å². The van der Waals surface area contributed by atoms with Gasteiger partial charge in [0.25, 0.3) is 0 Å². The molecule has 1 rings (SSSR count). The van der Waals surface area contributed by atoms with Crippen LogP contribution in [0.5, 0.6) is 0 Å². The van der Waals surface area contributed by atoms with Gasteiger partial charge in [-0.15, -0.1) is 0 Å². The number of nitrogens with one attached hydrogen (secondary N) is 1. The molecule has 1 N–H and O–H groups in total. The van der Waals surface area contributed by atoms with Gasteiger partial charge in [0, 0.05) is 16.7 Å².